The lowest BCUT2D eigenvalue weighted by Crippen LogP contribution is -2.59. The van der Waals surface area contributed by atoms with Crippen molar-refractivity contribution in [1.82, 2.24) is 0 Å². The molecule has 1 spiro atoms. The summed E-state index contributed by atoms with van der Waals surface area (Å²) in [7, 11) is 3.59. The number of para-hydroxylation sites is 1. The zero-order valence-corrected chi connectivity index (χ0v) is 16.4. The van der Waals surface area contributed by atoms with Crippen LogP contribution in [0, 0.1) is 10.1 Å². The predicted molar refractivity (Wildman–Crippen MR) is 107 cm³/mol. The Hall–Kier alpha value is -2.60. The van der Waals surface area contributed by atoms with Gasteiger partial charge in [0.25, 0.3) is 5.69 Å². The van der Waals surface area contributed by atoms with E-state index >= 15 is 0 Å². The Morgan fingerprint density at radius 2 is 2.00 bits per heavy atom. The van der Waals surface area contributed by atoms with Gasteiger partial charge in [0.1, 0.15) is 5.75 Å². The van der Waals surface area contributed by atoms with Crippen LogP contribution in [0.1, 0.15) is 31.4 Å². The first kappa shape index (κ1) is 17.8. The van der Waals surface area contributed by atoms with E-state index in [1.165, 1.54) is 17.3 Å². The Kier molecular flexibility index (Phi) is 4.11. The lowest BCUT2D eigenvalue weighted by atomic mass is 9.76. The first-order valence-corrected chi connectivity index (χ1v) is 9.80. The topological polar surface area (TPSA) is 55.6 Å². The minimum Gasteiger partial charge on any atom is -0.463 e. The molecule has 0 aromatic heterocycles. The smallest absolute Gasteiger partial charge is 0.270 e. The minimum atomic E-state index is -0.665. The zero-order valence-electron chi connectivity index (χ0n) is 15.4. The number of fused-ring (bicyclic) bond motifs is 2. The molecule has 0 bridgehead atoms. The molecule has 1 atom stereocenters. The highest BCUT2D eigenvalue weighted by Crippen LogP contribution is 2.55. The van der Waals surface area contributed by atoms with Gasteiger partial charge in [0.2, 0.25) is 5.72 Å². The highest BCUT2D eigenvalue weighted by atomic mass is 28.1. The van der Waals surface area contributed by atoms with Crippen molar-refractivity contribution in [3.63, 3.8) is 0 Å². The molecule has 2 aromatic rings. The third-order valence-corrected chi connectivity index (χ3v) is 6.04. The number of benzene rings is 2. The molecule has 137 valence electrons. The van der Waals surface area contributed by atoms with E-state index in [0.717, 1.165) is 24.6 Å². The molecule has 2 aliphatic rings. The molecule has 6 heteroatoms. The molecular weight excluding hydrogens is 356 g/mol. The lowest BCUT2D eigenvalue weighted by molar-refractivity contribution is -0.384. The average Bonchev–Trinajstić information content (AvgIpc) is 2.84. The Bertz CT molecular complexity index is 941. The van der Waals surface area contributed by atoms with Crippen molar-refractivity contribution in [2.45, 2.75) is 37.5 Å². The normalized spacial score (nSPS) is 21.7. The molecule has 2 heterocycles. The first-order valence-electron chi connectivity index (χ1n) is 9.09. The number of non-ortho nitro benzene ring substituents is 1. The number of nitrogens with zero attached hydrogens (tertiary/aromatic N) is 2. The Balaban J connectivity index is 1.83. The molecule has 0 amide bonds. The maximum atomic E-state index is 11.1. The Morgan fingerprint density at radius 3 is 2.74 bits per heavy atom. The van der Waals surface area contributed by atoms with Crippen molar-refractivity contribution < 1.29 is 9.66 Å². The van der Waals surface area contributed by atoms with Gasteiger partial charge in [-0.3, -0.25) is 10.1 Å². The summed E-state index contributed by atoms with van der Waals surface area (Å²) in [4.78, 5) is 13.0. The second-order valence-electron chi connectivity index (χ2n) is 7.51. The second kappa shape index (κ2) is 6.23. The SMILES string of the molecule is CC1(C)c2ccccc2N(CCC[Si])C12C=Cc1cc([N+](=O)[O-])ccc1O2. The van der Waals surface area contributed by atoms with Crippen LogP contribution in [0.4, 0.5) is 11.4 Å². The van der Waals surface area contributed by atoms with Gasteiger partial charge in [0, 0.05) is 40.2 Å². The fourth-order valence-electron chi connectivity index (χ4n) is 4.23. The summed E-state index contributed by atoms with van der Waals surface area (Å²) >= 11 is 0. The predicted octanol–water partition coefficient (Wildman–Crippen LogP) is 4.47. The van der Waals surface area contributed by atoms with Crippen molar-refractivity contribution in [2.24, 2.45) is 0 Å². The largest absolute Gasteiger partial charge is 0.463 e. The number of rotatable bonds is 4. The summed E-state index contributed by atoms with van der Waals surface area (Å²) in [5, 5.41) is 11.1. The van der Waals surface area contributed by atoms with Crippen molar-refractivity contribution in [2.75, 3.05) is 11.4 Å². The van der Waals surface area contributed by atoms with Gasteiger partial charge in [-0.25, -0.2) is 0 Å². The van der Waals surface area contributed by atoms with Gasteiger partial charge in [-0.2, -0.15) is 0 Å². The fraction of sp³-hybridized carbons (Fsp3) is 0.333. The van der Waals surface area contributed by atoms with Crippen molar-refractivity contribution >= 4 is 27.7 Å². The second-order valence-corrected chi connectivity index (χ2v) is 8.01. The van der Waals surface area contributed by atoms with Gasteiger partial charge in [-0.1, -0.05) is 24.2 Å². The molecule has 4 rings (SSSR count). The zero-order chi connectivity index (χ0) is 19.2. The van der Waals surface area contributed by atoms with Crippen LogP contribution in [0.25, 0.3) is 6.08 Å². The Morgan fingerprint density at radius 1 is 1.22 bits per heavy atom. The number of anilines is 1. The molecule has 1 unspecified atom stereocenters. The van der Waals surface area contributed by atoms with Crippen molar-refractivity contribution in [3.8, 4) is 5.75 Å². The molecule has 0 N–H and O–H groups in total. The van der Waals surface area contributed by atoms with Crippen LogP contribution in [0.2, 0.25) is 6.04 Å². The standard InChI is InChI=1S/C21H21N2O3Si/c1-20(2)17-6-3-4-7-18(17)22(12-5-13-27)21(20)11-10-15-14-16(23(24)25)8-9-19(15)26-21/h3-4,6-11,14H,5,12-13H2,1-2H3. The van der Waals surface area contributed by atoms with E-state index in [2.05, 4.69) is 59.3 Å². The Labute approximate surface area is 162 Å². The van der Waals surface area contributed by atoms with E-state index < -0.39 is 5.72 Å². The monoisotopic (exact) mass is 377 g/mol. The summed E-state index contributed by atoms with van der Waals surface area (Å²) in [6.07, 6.45) is 5.00. The van der Waals surface area contributed by atoms with Crippen LogP contribution in [0.15, 0.2) is 48.5 Å². The number of nitro benzene ring substituents is 1. The number of nitro groups is 1. The number of ether oxygens (including phenoxy) is 1. The summed E-state index contributed by atoms with van der Waals surface area (Å²) in [6, 6.07) is 14.1. The van der Waals surface area contributed by atoms with E-state index in [1.807, 2.05) is 6.08 Å². The van der Waals surface area contributed by atoms with Gasteiger partial charge < -0.3 is 9.64 Å². The quantitative estimate of drug-likeness (QED) is 0.448. The van der Waals surface area contributed by atoms with E-state index in [-0.39, 0.29) is 16.0 Å². The molecule has 5 nitrogen and oxygen atoms in total. The number of hydrogen-bond donors (Lipinski definition) is 0. The van der Waals surface area contributed by atoms with Crippen LogP contribution in [-0.2, 0) is 5.41 Å². The number of hydrogen-bond acceptors (Lipinski definition) is 4. The maximum Gasteiger partial charge on any atom is 0.270 e. The third-order valence-electron chi connectivity index (χ3n) is 5.68. The van der Waals surface area contributed by atoms with Crippen LogP contribution in [0.5, 0.6) is 5.75 Å². The van der Waals surface area contributed by atoms with E-state index in [9.17, 15) is 10.1 Å². The molecule has 3 radical (unpaired) electrons. The van der Waals surface area contributed by atoms with E-state index in [1.54, 1.807) is 12.1 Å². The van der Waals surface area contributed by atoms with Gasteiger partial charge in [0.05, 0.1) is 10.3 Å². The van der Waals surface area contributed by atoms with Crippen LogP contribution >= 0.6 is 0 Å². The van der Waals surface area contributed by atoms with Crippen LogP contribution in [0.3, 0.4) is 0 Å². The fourth-order valence-corrected chi connectivity index (χ4v) is 4.39. The van der Waals surface area contributed by atoms with E-state index in [4.69, 9.17) is 4.74 Å². The lowest BCUT2D eigenvalue weighted by Gasteiger charge is -2.47. The molecule has 0 fully saturated rings. The van der Waals surface area contributed by atoms with Gasteiger partial charge in [0.15, 0.2) is 0 Å². The minimum absolute atomic E-state index is 0.0721. The molecular formula is C21H21N2O3Si. The van der Waals surface area contributed by atoms with Crippen LogP contribution in [-0.4, -0.2) is 27.4 Å². The third kappa shape index (κ3) is 2.50. The summed E-state index contributed by atoms with van der Waals surface area (Å²) in [5.74, 6) is 0.673. The van der Waals surface area contributed by atoms with E-state index in [0.29, 0.717) is 5.75 Å². The van der Waals surface area contributed by atoms with Crippen molar-refractivity contribution in [3.05, 3.63) is 69.8 Å². The molecule has 0 saturated carbocycles. The van der Waals surface area contributed by atoms with Gasteiger partial charge in [-0.05, 0) is 50.1 Å². The molecule has 27 heavy (non-hydrogen) atoms. The maximum absolute atomic E-state index is 11.1. The van der Waals surface area contributed by atoms with Gasteiger partial charge in [-0.15, -0.1) is 0 Å². The molecule has 0 aliphatic carbocycles. The van der Waals surface area contributed by atoms with Crippen LogP contribution < -0.4 is 9.64 Å². The summed E-state index contributed by atoms with van der Waals surface area (Å²) in [5.41, 5.74) is 2.28. The molecule has 2 aliphatic heterocycles. The molecule has 2 aromatic carbocycles. The summed E-state index contributed by atoms with van der Waals surface area (Å²) in [6.45, 7) is 5.23. The van der Waals surface area contributed by atoms with Gasteiger partial charge >= 0.3 is 0 Å². The highest BCUT2D eigenvalue weighted by molar-refractivity contribution is 6.08. The van der Waals surface area contributed by atoms with Crippen molar-refractivity contribution in [1.29, 1.82) is 0 Å². The average molecular weight is 377 g/mol. The summed E-state index contributed by atoms with van der Waals surface area (Å²) < 4.78 is 6.62. The molecule has 0 saturated heterocycles. The highest BCUT2D eigenvalue weighted by Gasteiger charge is 2.58. The first-order chi connectivity index (χ1) is 12.9.